The third kappa shape index (κ3) is 5.86. The van der Waals surface area contributed by atoms with Crippen LogP contribution in [0.15, 0.2) is 78.9 Å². The molecular formula is C24H22ClN3O4. The topological polar surface area (TPSA) is 98.7 Å². The third-order valence-corrected chi connectivity index (χ3v) is 4.91. The predicted molar refractivity (Wildman–Crippen MR) is 124 cm³/mol. The van der Waals surface area contributed by atoms with Crippen LogP contribution < -0.4 is 15.5 Å². The lowest BCUT2D eigenvalue weighted by atomic mass is 10.0. The van der Waals surface area contributed by atoms with Crippen molar-refractivity contribution in [2.24, 2.45) is 0 Å². The molecule has 32 heavy (non-hydrogen) atoms. The van der Waals surface area contributed by atoms with Crippen LogP contribution in [-0.4, -0.2) is 29.6 Å². The summed E-state index contributed by atoms with van der Waals surface area (Å²) in [6.45, 7) is 1.50. The number of hydrogen-bond acceptors (Lipinski definition) is 3. The Bertz CT molecular complexity index is 1100. The number of nitrogens with one attached hydrogen (secondary N) is 2. The van der Waals surface area contributed by atoms with Gasteiger partial charge in [0.05, 0.1) is 6.54 Å². The average molecular weight is 452 g/mol. The minimum absolute atomic E-state index is 0.378. The number of aliphatic carboxylic acids is 1. The first kappa shape index (κ1) is 22.8. The van der Waals surface area contributed by atoms with Crippen molar-refractivity contribution in [2.75, 3.05) is 16.8 Å². The van der Waals surface area contributed by atoms with E-state index in [0.29, 0.717) is 22.0 Å². The molecule has 3 aromatic carbocycles. The van der Waals surface area contributed by atoms with Gasteiger partial charge in [-0.3, -0.25) is 9.69 Å². The highest BCUT2D eigenvalue weighted by atomic mass is 35.5. The van der Waals surface area contributed by atoms with E-state index in [4.69, 9.17) is 11.6 Å². The number of benzene rings is 3. The van der Waals surface area contributed by atoms with Crippen LogP contribution in [0.2, 0.25) is 5.02 Å². The summed E-state index contributed by atoms with van der Waals surface area (Å²) in [6, 6.07) is 20.0. The van der Waals surface area contributed by atoms with Crippen LogP contribution in [0.5, 0.6) is 0 Å². The van der Waals surface area contributed by atoms with Gasteiger partial charge in [-0.15, -0.1) is 0 Å². The SMILES string of the molecule is Cc1cccc(NC(=O)NCC(=O)N(c2ccccc2)[C@H](C(=O)O)c2ccc(Cl)cc2)c1. The number of nitrogens with zero attached hydrogens (tertiary/aromatic N) is 1. The minimum Gasteiger partial charge on any atom is -0.479 e. The molecule has 3 N–H and O–H groups in total. The molecule has 0 aliphatic carbocycles. The second-order valence-electron chi connectivity index (χ2n) is 7.07. The first-order valence-electron chi connectivity index (χ1n) is 9.82. The zero-order valence-electron chi connectivity index (χ0n) is 17.3. The molecular weight excluding hydrogens is 430 g/mol. The molecule has 0 spiro atoms. The average Bonchev–Trinajstić information content (AvgIpc) is 2.77. The maximum Gasteiger partial charge on any atom is 0.331 e. The Kier molecular flexibility index (Phi) is 7.46. The van der Waals surface area contributed by atoms with E-state index in [1.807, 2.05) is 13.0 Å². The number of hydrogen-bond donors (Lipinski definition) is 3. The van der Waals surface area contributed by atoms with Crippen molar-refractivity contribution >= 4 is 40.9 Å². The summed E-state index contributed by atoms with van der Waals surface area (Å²) >= 11 is 5.93. The summed E-state index contributed by atoms with van der Waals surface area (Å²) in [6.07, 6.45) is 0. The van der Waals surface area contributed by atoms with Crippen LogP contribution >= 0.6 is 11.6 Å². The zero-order chi connectivity index (χ0) is 23.1. The second kappa shape index (κ2) is 10.5. The molecule has 0 fully saturated rings. The fourth-order valence-corrected chi connectivity index (χ4v) is 3.34. The molecule has 0 aliphatic rings. The fraction of sp³-hybridized carbons (Fsp3) is 0.125. The Morgan fingerprint density at radius 2 is 1.66 bits per heavy atom. The van der Waals surface area contributed by atoms with Gasteiger partial charge in [-0.1, -0.05) is 54.1 Å². The summed E-state index contributed by atoms with van der Waals surface area (Å²) in [5, 5.41) is 15.6. The van der Waals surface area contributed by atoms with Gasteiger partial charge in [-0.05, 0) is 54.4 Å². The summed E-state index contributed by atoms with van der Waals surface area (Å²) in [5.41, 5.74) is 2.32. The van der Waals surface area contributed by atoms with Gasteiger partial charge in [0.15, 0.2) is 6.04 Å². The first-order valence-corrected chi connectivity index (χ1v) is 10.2. The van der Waals surface area contributed by atoms with Crippen molar-refractivity contribution in [3.63, 3.8) is 0 Å². The van der Waals surface area contributed by atoms with Crippen LogP contribution in [-0.2, 0) is 9.59 Å². The quantitative estimate of drug-likeness (QED) is 0.487. The van der Waals surface area contributed by atoms with Crippen LogP contribution in [0.25, 0.3) is 0 Å². The van der Waals surface area contributed by atoms with Crippen LogP contribution in [0.3, 0.4) is 0 Å². The number of carbonyl (C=O) groups is 3. The van der Waals surface area contributed by atoms with E-state index in [9.17, 15) is 19.5 Å². The van der Waals surface area contributed by atoms with Gasteiger partial charge in [0.25, 0.3) is 0 Å². The highest BCUT2D eigenvalue weighted by molar-refractivity contribution is 6.30. The summed E-state index contributed by atoms with van der Waals surface area (Å²) in [7, 11) is 0. The number of carbonyl (C=O) groups excluding carboxylic acids is 2. The van der Waals surface area contributed by atoms with Gasteiger partial charge >= 0.3 is 12.0 Å². The molecule has 3 amide bonds. The number of halogens is 1. The monoisotopic (exact) mass is 451 g/mol. The van der Waals surface area contributed by atoms with E-state index in [2.05, 4.69) is 10.6 Å². The van der Waals surface area contributed by atoms with Gasteiger partial charge in [0, 0.05) is 16.4 Å². The molecule has 8 heteroatoms. The number of carboxylic acid groups (broad SMARTS) is 1. The molecule has 0 unspecified atom stereocenters. The van der Waals surface area contributed by atoms with E-state index in [0.717, 1.165) is 10.5 Å². The van der Waals surface area contributed by atoms with E-state index < -0.39 is 30.5 Å². The van der Waals surface area contributed by atoms with Gasteiger partial charge < -0.3 is 15.7 Å². The number of aryl methyl sites for hydroxylation is 1. The Hall–Kier alpha value is -3.84. The lowest BCUT2D eigenvalue weighted by molar-refractivity contribution is -0.140. The minimum atomic E-state index is -1.30. The standard InChI is InChI=1S/C24H22ClN3O4/c1-16-6-5-7-19(14-16)27-24(32)26-15-21(29)28(20-8-3-2-4-9-20)22(23(30)31)17-10-12-18(25)13-11-17/h2-14,22H,15H2,1H3,(H,30,31)(H2,26,27,32)/t22-/m0/s1. The number of amides is 3. The Labute approximate surface area is 190 Å². The van der Waals surface area contributed by atoms with Crippen molar-refractivity contribution in [2.45, 2.75) is 13.0 Å². The van der Waals surface area contributed by atoms with Crippen LogP contribution in [0, 0.1) is 6.92 Å². The van der Waals surface area contributed by atoms with Gasteiger partial charge in [-0.2, -0.15) is 0 Å². The van der Waals surface area contributed by atoms with Gasteiger partial charge in [0.1, 0.15) is 0 Å². The van der Waals surface area contributed by atoms with E-state index >= 15 is 0 Å². The predicted octanol–water partition coefficient (Wildman–Crippen LogP) is 4.63. The maximum atomic E-state index is 13.1. The van der Waals surface area contributed by atoms with Crippen LogP contribution in [0.4, 0.5) is 16.2 Å². The number of anilines is 2. The summed E-state index contributed by atoms with van der Waals surface area (Å²) in [5.74, 6) is -1.80. The molecule has 0 aromatic heterocycles. The molecule has 0 aliphatic heterocycles. The molecule has 0 radical (unpaired) electrons. The fourth-order valence-electron chi connectivity index (χ4n) is 3.21. The highest BCUT2D eigenvalue weighted by Crippen LogP contribution is 2.28. The van der Waals surface area contributed by atoms with E-state index in [-0.39, 0.29) is 0 Å². The molecule has 3 rings (SSSR count). The Balaban J connectivity index is 1.81. The van der Waals surface area contributed by atoms with Crippen molar-refractivity contribution in [1.82, 2.24) is 5.32 Å². The number of para-hydroxylation sites is 1. The smallest absolute Gasteiger partial charge is 0.331 e. The zero-order valence-corrected chi connectivity index (χ0v) is 18.0. The molecule has 3 aromatic rings. The van der Waals surface area contributed by atoms with E-state index in [1.54, 1.807) is 72.8 Å². The molecule has 164 valence electrons. The van der Waals surface area contributed by atoms with Crippen molar-refractivity contribution < 1.29 is 19.5 Å². The number of rotatable bonds is 7. The maximum absolute atomic E-state index is 13.1. The number of carboxylic acids is 1. The molecule has 1 atom stereocenters. The Morgan fingerprint density at radius 1 is 0.969 bits per heavy atom. The van der Waals surface area contributed by atoms with Crippen molar-refractivity contribution in [3.8, 4) is 0 Å². The van der Waals surface area contributed by atoms with Crippen molar-refractivity contribution in [3.05, 3.63) is 95.0 Å². The Morgan fingerprint density at radius 3 is 2.28 bits per heavy atom. The first-order chi connectivity index (χ1) is 15.3. The number of urea groups is 1. The molecule has 0 heterocycles. The molecule has 7 nitrogen and oxygen atoms in total. The third-order valence-electron chi connectivity index (χ3n) is 4.66. The highest BCUT2D eigenvalue weighted by Gasteiger charge is 2.32. The second-order valence-corrected chi connectivity index (χ2v) is 7.51. The van der Waals surface area contributed by atoms with Gasteiger partial charge in [-0.25, -0.2) is 9.59 Å². The summed E-state index contributed by atoms with van der Waals surface area (Å²) in [4.78, 5) is 38.7. The normalized spacial score (nSPS) is 11.3. The lowest BCUT2D eigenvalue weighted by Gasteiger charge is -2.29. The summed E-state index contributed by atoms with van der Waals surface area (Å²) < 4.78 is 0. The molecule has 0 bridgehead atoms. The van der Waals surface area contributed by atoms with Crippen molar-refractivity contribution in [1.29, 1.82) is 0 Å². The van der Waals surface area contributed by atoms with Gasteiger partial charge in [0.2, 0.25) is 5.91 Å². The van der Waals surface area contributed by atoms with Crippen LogP contribution in [0.1, 0.15) is 17.2 Å². The largest absolute Gasteiger partial charge is 0.479 e. The molecule has 0 saturated carbocycles. The molecule has 0 saturated heterocycles. The van der Waals surface area contributed by atoms with E-state index in [1.165, 1.54) is 0 Å². The lowest BCUT2D eigenvalue weighted by Crippen LogP contribution is -2.45.